The summed E-state index contributed by atoms with van der Waals surface area (Å²) in [6.07, 6.45) is 2.51. The Balaban J connectivity index is 4.15. The van der Waals surface area contributed by atoms with Gasteiger partial charge in [0.15, 0.2) is 0 Å². The van der Waals surface area contributed by atoms with Crippen LogP contribution in [0.5, 0.6) is 0 Å². The van der Waals surface area contributed by atoms with Crippen LogP contribution in [0.2, 0.25) is 0 Å². The molecule has 2 unspecified atom stereocenters. The molecule has 2 atom stereocenters. The van der Waals surface area contributed by atoms with Crippen LogP contribution in [0.3, 0.4) is 0 Å². The largest absolute Gasteiger partial charge is 0.329 e. The van der Waals surface area contributed by atoms with E-state index in [-0.39, 0.29) is 0 Å². The molecule has 0 spiro atoms. The van der Waals surface area contributed by atoms with Crippen LogP contribution < -0.4 is 16.4 Å². The number of hydrogen-bond acceptors (Lipinski definition) is 4. The molecule has 0 aliphatic heterocycles. The SMILES string of the molecule is CC(C)CC(C)NCCN(CCNCCN)C(C)CC(C)C. The van der Waals surface area contributed by atoms with Gasteiger partial charge in [0.1, 0.15) is 0 Å². The van der Waals surface area contributed by atoms with Crippen LogP contribution in [0.4, 0.5) is 0 Å². The first-order valence-electron chi connectivity index (χ1n) is 9.25. The predicted molar refractivity (Wildman–Crippen MR) is 99.3 cm³/mol. The molecule has 4 nitrogen and oxygen atoms in total. The van der Waals surface area contributed by atoms with Gasteiger partial charge in [-0.3, -0.25) is 4.90 Å². The van der Waals surface area contributed by atoms with Crippen molar-refractivity contribution in [2.45, 2.75) is 66.5 Å². The molecule has 0 aliphatic carbocycles. The van der Waals surface area contributed by atoms with Crippen LogP contribution in [0.25, 0.3) is 0 Å². The van der Waals surface area contributed by atoms with Gasteiger partial charge in [0.05, 0.1) is 0 Å². The highest BCUT2D eigenvalue weighted by molar-refractivity contribution is 4.72. The fourth-order valence-electron chi connectivity index (χ4n) is 3.08. The van der Waals surface area contributed by atoms with Crippen molar-refractivity contribution in [2.75, 3.05) is 39.3 Å². The minimum atomic E-state index is 0.609. The molecule has 0 saturated carbocycles. The summed E-state index contributed by atoms with van der Waals surface area (Å²) in [6, 6.07) is 1.25. The van der Waals surface area contributed by atoms with E-state index in [1.165, 1.54) is 12.8 Å². The highest BCUT2D eigenvalue weighted by Gasteiger charge is 2.15. The topological polar surface area (TPSA) is 53.3 Å². The fourth-order valence-corrected chi connectivity index (χ4v) is 3.08. The van der Waals surface area contributed by atoms with Crippen molar-refractivity contribution in [1.82, 2.24) is 15.5 Å². The molecule has 0 aromatic heterocycles. The van der Waals surface area contributed by atoms with E-state index in [1.807, 2.05) is 0 Å². The Hall–Kier alpha value is -0.160. The van der Waals surface area contributed by atoms with Gasteiger partial charge in [-0.25, -0.2) is 0 Å². The van der Waals surface area contributed by atoms with Crippen LogP contribution in [-0.4, -0.2) is 56.3 Å². The number of nitrogens with one attached hydrogen (secondary N) is 2. The summed E-state index contributed by atoms with van der Waals surface area (Å²) in [7, 11) is 0. The van der Waals surface area contributed by atoms with Crippen LogP contribution in [0.1, 0.15) is 54.4 Å². The molecule has 0 fully saturated rings. The molecule has 134 valence electrons. The van der Waals surface area contributed by atoms with Crippen molar-refractivity contribution in [1.29, 1.82) is 0 Å². The molecule has 0 aromatic carbocycles. The van der Waals surface area contributed by atoms with Crippen molar-refractivity contribution >= 4 is 0 Å². The van der Waals surface area contributed by atoms with Gasteiger partial charge in [-0.15, -0.1) is 0 Å². The van der Waals surface area contributed by atoms with Crippen molar-refractivity contribution < 1.29 is 0 Å². The standard InChI is InChI=1S/C18H42N4/c1-15(2)13-17(5)21-10-12-22(11-9-20-8-7-19)18(6)14-16(3)4/h15-18,20-21H,7-14,19H2,1-6H3. The third-order valence-corrected chi connectivity index (χ3v) is 4.05. The summed E-state index contributed by atoms with van der Waals surface area (Å²) < 4.78 is 0. The lowest BCUT2D eigenvalue weighted by atomic mass is 10.0. The molecular formula is C18H42N4. The molecule has 0 aliphatic rings. The Morgan fingerprint density at radius 3 is 1.95 bits per heavy atom. The van der Waals surface area contributed by atoms with Crippen molar-refractivity contribution in [3.63, 3.8) is 0 Å². The molecule has 0 radical (unpaired) electrons. The fraction of sp³-hybridized carbons (Fsp3) is 1.00. The number of nitrogens with zero attached hydrogens (tertiary/aromatic N) is 1. The summed E-state index contributed by atoms with van der Waals surface area (Å²) in [6.45, 7) is 19.8. The van der Waals surface area contributed by atoms with E-state index in [0.29, 0.717) is 12.1 Å². The lowest BCUT2D eigenvalue weighted by Gasteiger charge is -2.31. The van der Waals surface area contributed by atoms with Gasteiger partial charge < -0.3 is 16.4 Å². The second kappa shape index (κ2) is 13.3. The second-order valence-electron chi connectivity index (χ2n) is 7.54. The van der Waals surface area contributed by atoms with Crippen LogP contribution in [0.15, 0.2) is 0 Å². The Bertz CT molecular complexity index is 243. The molecule has 0 aromatic rings. The molecule has 0 amide bonds. The van der Waals surface area contributed by atoms with Gasteiger partial charge in [0, 0.05) is 51.4 Å². The summed E-state index contributed by atoms with van der Waals surface area (Å²) >= 11 is 0. The Labute approximate surface area is 139 Å². The summed E-state index contributed by atoms with van der Waals surface area (Å²) in [5.41, 5.74) is 5.54. The molecule has 0 rings (SSSR count). The van der Waals surface area contributed by atoms with Crippen LogP contribution in [0, 0.1) is 11.8 Å². The summed E-state index contributed by atoms with van der Waals surface area (Å²) in [5, 5.41) is 7.08. The molecule has 0 heterocycles. The lowest BCUT2D eigenvalue weighted by molar-refractivity contribution is 0.185. The first-order chi connectivity index (χ1) is 10.4. The zero-order valence-electron chi connectivity index (χ0n) is 16.0. The van der Waals surface area contributed by atoms with E-state index in [9.17, 15) is 0 Å². The summed E-state index contributed by atoms with van der Waals surface area (Å²) in [4.78, 5) is 2.61. The van der Waals surface area contributed by atoms with Gasteiger partial charge in [-0.1, -0.05) is 27.7 Å². The highest BCUT2D eigenvalue weighted by atomic mass is 15.2. The first-order valence-corrected chi connectivity index (χ1v) is 9.25. The first kappa shape index (κ1) is 21.8. The zero-order valence-corrected chi connectivity index (χ0v) is 16.0. The van der Waals surface area contributed by atoms with Gasteiger partial charge >= 0.3 is 0 Å². The molecular weight excluding hydrogens is 272 g/mol. The minimum absolute atomic E-state index is 0.609. The van der Waals surface area contributed by atoms with Gasteiger partial charge in [-0.05, 0) is 38.5 Å². The quantitative estimate of drug-likeness (QED) is 0.431. The van der Waals surface area contributed by atoms with E-state index < -0.39 is 0 Å². The summed E-state index contributed by atoms with van der Waals surface area (Å²) in [5.74, 6) is 1.52. The molecule has 4 heteroatoms. The highest BCUT2D eigenvalue weighted by Crippen LogP contribution is 2.10. The third kappa shape index (κ3) is 12.4. The van der Waals surface area contributed by atoms with Crippen LogP contribution in [-0.2, 0) is 0 Å². The van der Waals surface area contributed by atoms with E-state index in [2.05, 4.69) is 57.1 Å². The van der Waals surface area contributed by atoms with Gasteiger partial charge in [0.2, 0.25) is 0 Å². The van der Waals surface area contributed by atoms with Gasteiger partial charge in [0.25, 0.3) is 0 Å². The van der Waals surface area contributed by atoms with E-state index >= 15 is 0 Å². The maximum absolute atomic E-state index is 5.54. The minimum Gasteiger partial charge on any atom is -0.329 e. The predicted octanol–water partition coefficient (Wildman–Crippen LogP) is 2.30. The third-order valence-electron chi connectivity index (χ3n) is 4.05. The maximum Gasteiger partial charge on any atom is 0.0110 e. The lowest BCUT2D eigenvalue weighted by Crippen LogP contribution is -2.44. The zero-order chi connectivity index (χ0) is 17.0. The number of rotatable bonds is 14. The number of nitrogens with two attached hydrogens (primary N) is 1. The molecule has 22 heavy (non-hydrogen) atoms. The molecule has 0 bridgehead atoms. The monoisotopic (exact) mass is 314 g/mol. The maximum atomic E-state index is 5.54. The van der Waals surface area contributed by atoms with Crippen LogP contribution >= 0.6 is 0 Å². The number of hydrogen-bond donors (Lipinski definition) is 3. The second-order valence-corrected chi connectivity index (χ2v) is 7.54. The Morgan fingerprint density at radius 2 is 1.41 bits per heavy atom. The normalized spacial score (nSPS) is 15.0. The molecule has 0 saturated heterocycles. The average Bonchev–Trinajstić information content (AvgIpc) is 2.39. The van der Waals surface area contributed by atoms with Crippen molar-refractivity contribution in [3.8, 4) is 0 Å². The van der Waals surface area contributed by atoms with E-state index in [4.69, 9.17) is 5.73 Å². The average molecular weight is 315 g/mol. The Kier molecular flexibility index (Phi) is 13.2. The van der Waals surface area contributed by atoms with Crippen molar-refractivity contribution in [3.05, 3.63) is 0 Å². The van der Waals surface area contributed by atoms with Crippen molar-refractivity contribution in [2.24, 2.45) is 17.6 Å². The van der Waals surface area contributed by atoms with E-state index in [0.717, 1.165) is 51.1 Å². The van der Waals surface area contributed by atoms with Gasteiger partial charge in [-0.2, -0.15) is 0 Å². The molecule has 4 N–H and O–H groups in total. The Morgan fingerprint density at radius 1 is 0.818 bits per heavy atom. The van der Waals surface area contributed by atoms with E-state index in [1.54, 1.807) is 0 Å². The smallest absolute Gasteiger partial charge is 0.0110 e.